The van der Waals surface area contributed by atoms with E-state index < -0.39 is 0 Å². The Hall–Kier alpha value is -1.93. The second kappa shape index (κ2) is 8.38. The SMILES string of the molecule is CCCNCc1cc2c(cc1OCCCCC#N)OCO2. The summed E-state index contributed by atoms with van der Waals surface area (Å²) in [5.74, 6) is 2.35. The molecule has 1 heterocycles. The Morgan fingerprint density at radius 2 is 2.10 bits per heavy atom. The van der Waals surface area contributed by atoms with Crippen LogP contribution in [-0.4, -0.2) is 19.9 Å². The zero-order chi connectivity index (χ0) is 14.9. The van der Waals surface area contributed by atoms with Gasteiger partial charge in [0.2, 0.25) is 6.79 Å². The summed E-state index contributed by atoms with van der Waals surface area (Å²) in [5, 5.41) is 11.9. The van der Waals surface area contributed by atoms with Crippen molar-refractivity contribution in [2.45, 2.75) is 39.2 Å². The van der Waals surface area contributed by atoms with Crippen molar-refractivity contribution >= 4 is 0 Å². The first-order chi connectivity index (χ1) is 10.3. The van der Waals surface area contributed by atoms with Gasteiger partial charge in [0.05, 0.1) is 12.7 Å². The molecule has 0 aliphatic carbocycles. The quantitative estimate of drug-likeness (QED) is 0.708. The molecule has 0 amide bonds. The highest BCUT2D eigenvalue weighted by Gasteiger charge is 2.17. The molecule has 0 bridgehead atoms. The third-order valence-electron chi connectivity index (χ3n) is 3.24. The summed E-state index contributed by atoms with van der Waals surface area (Å²) in [5.41, 5.74) is 1.08. The summed E-state index contributed by atoms with van der Waals surface area (Å²) >= 11 is 0. The minimum atomic E-state index is 0.267. The van der Waals surface area contributed by atoms with E-state index in [4.69, 9.17) is 19.5 Å². The Labute approximate surface area is 125 Å². The average molecular weight is 290 g/mol. The van der Waals surface area contributed by atoms with Crippen molar-refractivity contribution in [3.05, 3.63) is 17.7 Å². The fourth-order valence-electron chi connectivity index (χ4n) is 2.13. The molecule has 1 aliphatic rings. The van der Waals surface area contributed by atoms with Crippen molar-refractivity contribution in [3.63, 3.8) is 0 Å². The number of nitrogens with zero attached hydrogens (tertiary/aromatic N) is 1. The Balaban J connectivity index is 1.97. The largest absolute Gasteiger partial charge is 0.493 e. The molecular formula is C16H22N2O3. The third kappa shape index (κ3) is 4.54. The van der Waals surface area contributed by atoms with Gasteiger partial charge in [-0.25, -0.2) is 0 Å². The van der Waals surface area contributed by atoms with Crippen molar-refractivity contribution < 1.29 is 14.2 Å². The van der Waals surface area contributed by atoms with Crippen molar-refractivity contribution in [2.24, 2.45) is 0 Å². The van der Waals surface area contributed by atoms with Gasteiger partial charge in [-0.1, -0.05) is 6.92 Å². The van der Waals surface area contributed by atoms with E-state index >= 15 is 0 Å². The maximum atomic E-state index is 8.52. The van der Waals surface area contributed by atoms with Gasteiger partial charge in [-0.15, -0.1) is 0 Å². The van der Waals surface area contributed by atoms with Crippen LogP contribution in [0.1, 0.15) is 38.2 Å². The van der Waals surface area contributed by atoms with Crippen LogP contribution in [0.5, 0.6) is 17.2 Å². The van der Waals surface area contributed by atoms with Gasteiger partial charge in [0, 0.05) is 24.6 Å². The summed E-state index contributed by atoms with van der Waals surface area (Å²) in [6.07, 6.45) is 3.42. The van der Waals surface area contributed by atoms with Gasteiger partial charge in [0.25, 0.3) is 0 Å². The Bertz CT molecular complexity index is 497. The van der Waals surface area contributed by atoms with E-state index in [1.54, 1.807) is 0 Å². The van der Waals surface area contributed by atoms with Gasteiger partial charge in [-0.05, 0) is 31.9 Å². The highest BCUT2D eigenvalue weighted by atomic mass is 16.7. The molecule has 2 rings (SSSR count). The number of unbranched alkanes of at least 4 members (excludes halogenated alkanes) is 2. The number of hydrogen-bond donors (Lipinski definition) is 1. The zero-order valence-electron chi connectivity index (χ0n) is 12.5. The molecule has 0 unspecified atom stereocenters. The first kappa shape index (κ1) is 15.5. The molecule has 0 radical (unpaired) electrons. The number of rotatable bonds is 9. The molecule has 1 aromatic carbocycles. The first-order valence-corrected chi connectivity index (χ1v) is 7.48. The lowest BCUT2D eigenvalue weighted by atomic mass is 10.1. The molecule has 0 spiro atoms. The van der Waals surface area contributed by atoms with Crippen LogP contribution in [0, 0.1) is 11.3 Å². The number of ether oxygens (including phenoxy) is 3. The van der Waals surface area contributed by atoms with Crippen LogP contribution < -0.4 is 19.5 Å². The number of nitrogens with one attached hydrogen (secondary N) is 1. The molecule has 21 heavy (non-hydrogen) atoms. The second-order valence-corrected chi connectivity index (χ2v) is 4.95. The number of hydrogen-bond acceptors (Lipinski definition) is 5. The van der Waals surface area contributed by atoms with Crippen LogP contribution in [-0.2, 0) is 6.54 Å². The van der Waals surface area contributed by atoms with Crippen molar-refractivity contribution in [2.75, 3.05) is 19.9 Å². The molecule has 5 nitrogen and oxygen atoms in total. The predicted molar refractivity (Wildman–Crippen MR) is 79.5 cm³/mol. The van der Waals surface area contributed by atoms with E-state index in [-0.39, 0.29) is 6.79 Å². The molecule has 0 fully saturated rings. The first-order valence-electron chi connectivity index (χ1n) is 7.48. The van der Waals surface area contributed by atoms with Crippen LogP contribution in [0.4, 0.5) is 0 Å². The van der Waals surface area contributed by atoms with Crippen molar-refractivity contribution in [3.8, 4) is 23.3 Å². The Morgan fingerprint density at radius 3 is 2.86 bits per heavy atom. The number of benzene rings is 1. The summed E-state index contributed by atoms with van der Waals surface area (Å²) in [6, 6.07) is 6.02. The molecule has 0 saturated carbocycles. The van der Waals surface area contributed by atoms with Gasteiger partial charge in [-0.3, -0.25) is 0 Å². The summed E-state index contributed by atoms with van der Waals surface area (Å²) in [6.45, 7) is 4.73. The van der Waals surface area contributed by atoms with E-state index in [2.05, 4.69) is 18.3 Å². The predicted octanol–water partition coefficient (Wildman–Crippen LogP) is 2.99. The lowest BCUT2D eigenvalue weighted by Gasteiger charge is -2.13. The monoisotopic (exact) mass is 290 g/mol. The minimum Gasteiger partial charge on any atom is -0.493 e. The lowest BCUT2D eigenvalue weighted by Crippen LogP contribution is -2.15. The molecule has 5 heteroatoms. The fourth-order valence-corrected chi connectivity index (χ4v) is 2.13. The normalized spacial score (nSPS) is 12.2. The van der Waals surface area contributed by atoms with E-state index in [1.165, 1.54) is 0 Å². The molecule has 114 valence electrons. The minimum absolute atomic E-state index is 0.267. The van der Waals surface area contributed by atoms with Crippen molar-refractivity contribution in [1.82, 2.24) is 5.32 Å². The average Bonchev–Trinajstić information content (AvgIpc) is 2.94. The van der Waals surface area contributed by atoms with Gasteiger partial charge >= 0.3 is 0 Å². The molecule has 1 N–H and O–H groups in total. The molecule has 1 aromatic rings. The maximum absolute atomic E-state index is 8.52. The van der Waals surface area contributed by atoms with E-state index in [0.29, 0.717) is 13.0 Å². The van der Waals surface area contributed by atoms with E-state index in [1.807, 2.05) is 12.1 Å². The second-order valence-electron chi connectivity index (χ2n) is 4.95. The highest BCUT2D eigenvalue weighted by Crippen LogP contribution is 2.38. The van der Waals surface area contributed by atoms with E-state index in [0.717, 1.165) is 55.2 Å². The Kier molecular flexibility index (Phi) is 6.17. The van der Waals surface area contributed by atoms with Crippen LogP contribution in [0.3, 0.4) is 0 Å². The lowest BCUT2D eigenvalue weighted by molar-refractivity contribution is 0.173. The maximum Gasteiger partial charge on any atom is 0.231 e. The van der Waals surface area contributed by atoms with Gasteiger partial charge < -0.3 is 19.5 Å². The zero-order valence-corrected chi connectivity index (χ0v) is 12.5. The third-order valence-corrected chi connectivity index (χ3v) is 3.24. The Morgan fingerprint density at radius 1 is 1.29 bits per heavy atom. The van der Waals surface area contributed by atoms with Crippen LogP contribution in [0.2, 0.25) is 0 Å². The molecule has 1 aliphatic heterocycles. The molecule has 0 aromatic heterocycles. The smallest absolute Gasteiger partial charge is 0.231 e. The number of nitriles is 1. The summed E-state index contributed by atoms with van der Waals surface area (Å²) in [7, 11) is 0. The molecular weight excluding hydrogens is 268 g/mol. The summed E-state index contributed by atoms with van der Waals surface area (Å²) in [4.78, 5) is 0. The topological polar surface area (TPSA) is 63.5 Å². The van der Waals surface area contributed by atoms with Crippen LogP contribution in [0.15, 0.2) is 12.1 Å². The fraction of sp³-hybridized carbons (Fsp3) is 0.562. The van der Waals surface area contributed by atoms with Crippen molar-refractivity contribution in [1.29, 1.82) is 5.26 Å². The van der Waals surface area contributed by atoms with E-state index in [9.17, 15) is 0 Å². The summed E-state index contributed by atoms with van der Waals surface area (Å²) < 4.78 is 16.7. The van der Waals surface area contributed by atoms with Crippen LogP contribution >= 0.6 is 0 Å². The molecule has 0 saturated heterocycles. The van der Waals surface area contributed by atoms with Gasteiger partial charge in [0.1, 0.15) is 5.75 Å². The van der Waals surface area contributed by atoms with Crippen LogP contribution in [0.25, 0.3) is 0 Å². The molecule has 0 atom stereocenters. The standard InChI is InChI=1S/C16H22N2O3/c1-2-7-18-11-13-9-15-16(21-12-20-15)10-14(13)19-8-5-3-4-6-17/h9-10,18H,2-5,7-8,11-12H2,1H3. The highest BCUT2D eigenvalue weighted by molar-refractivity contribution is 5.51. The van der Waals surface area contributed by atoms with Gasteiger partial charge in [0.15, 0.2) is 11.5 Å². The van der Waals surface area contributed by atoms with Gasteiger partial charge in [-0.2, -0.15) is 5.26 Å². The number of fused-ring (bicyclic) bond motifs is 1.